The van der Waals surface area contributed by atoms with Gasteiger partial charge in [0.25, 0.3) is 0 Å². The van der Waals surface area contributed by atoms with Crippen molar-refractivity contribution in [2.24, 2.45) is 5.92 Å². The van der Waals surface area contributed by atoms with Gasteiger partial charge in [-0.1, -0.05) is 0 Å². The summed E-state index contributed by atoms with van der Waals surface area (Å²) in [5.74, 6) is 0.415. The van der Waals surface area contributed by atoms with Gasteiger partial charge in [-0.15, -0.1) is 0 Å². The van der Waals surface area contributed by atoms with Crippen LogP contribution in [-0.2, 0) is 0 Å². The molecule has 1 aliphatic heterocycles. The van der Waals surface area contributed by atoms with Gasteiger partial charge in [0.2, 0.25) is 0 Å². The summed E-state index contributed by atoms with van der Waals surface area (Å²) in [7, 11) is 0. The Hall–Kier alpha value is -2.00. The molecule has 0 N–H and O–H groups in total. The summed E-state index contributed by atoms with van der Waals surface area (Å²) in [6, 6.07) is 12.1. The first-order chi connectivity index (χ1) is 8.59. The van der Waals surface area contributed by atoms with E-state index in [4.69, 9.17) is 10.5 Å². The van der Waals surface area contributed by atoms with Gasteiger partial charge >= 0.3 is 0 Å². The molecule has 1 unspecified atom stereocenters. The predicted octanol–water partition coefficient (Wildman–Crippen LogP) is 3.08. The van der Waals surface area contributed by atoms with Crippen LogP contribution >= 0.6 is 0 Å². The van der Waals surface area contributed by atoms with Crippen LogP contribution in [0.25, 0.3) is 0 Å². The van der Waals surface area contributed by atoms with Crippen molar-refractivity contribution in [3.8, 4) is 12.1 Å². The molecule has 3 heteroatoms. The van der Waals surface area contributed by atoms with Gasteiger partial charge in [0.15, 0.2) is 0 Å². The lowest BCUT2D eigenvalue weighted by Gasteiger charge is -2.37. The predicted molar refractivity (Wildman–Crippen MR) is 70.9 cm³/mol. The molecule has 1 heterocycles. The van der Waals surface area contributed by atoms with Crippen molar-refractivity contribution in [2.75, 3.05) is 11.4 Å². The molecule has 1 fully saturated rings. The monoisotopic (exact) mass is 239 g/mol. The second-order valence-electron chi connectivity index (χ2n) is 5.31. The van der Waals surface area contributed by atoms with E-state index in [0.29, 0.717) is 17.9 Å². The lowest BCUT2D eigenvalue weighted by molar-refractivity contribution is 0.371. The molecule has 3 nitrogen and oxygen atoms in total. The molecule has 92 valence electrons. The minimum Gasteiger partial charge on any atom is -0.366 e. The van der Waals surface area contributed by atoms with E-state index in [1.54, 1.807) is 0 Å². The zero-order valence-electron chi connectivity index (χ0n) is 10.8. The molecule has 1 aromatic carbocycles. The Bertz CT molecular complexity index is 502. The van der Waals surface area contributed by atoms with Crippen LogP contribution in [0.4, 0.5) is 5.69 Å². The van der Waals surface area contributed by atoms with Gasteiger partial charge < -0.3 is 4.90 Å². The number of hydrogen-bond donors (Lipinski definition) is 0. The fourth-order valence-corrected chi connectivity index (χ4v) is 2.79. The average molecular weight is 239 g/mol. The van der Waals surface area contributed by atoms with Crippen molar-refractivity contribution in [3.05, 3.63) is 29.8 Å². The Morgan fingerprint density at radius 3 is 2.50 bits per heavy atom. The van der Waals surface area contributed by atoms with Crippen molar-refractivity contribution < 1.29 is 0 Å². The number of rotatable bonds is 2. The lowest BCUT2D eigenvalue weighted by atomic mass is 9.86. The van der Waals surface area contributed by atoms with Crippen molar-refractivity contribution in [2.45, 2.75) is 32.2 Å². The third-order valence-electron chi connectivity index (χ3n) is 4.04. The van der Waals surface area contributed by atoms with Crippen molar-refractivity contribution >= 4 is 5.69 Å². The Balaban J connectivity index is 2.24. The molecule has 0 spiro atoms. The van der Waals surface area contributed by atoms with E-state index < -0.39 is 0 Å². The highest BCUT2D eigenvalue weighted by Crippen LogP contribution is 2.39. The van der Waals surface area contributed by atoms with Gasteiger partial charge in [0, 0.05) is 24.2 Å². The molecule has 0 aromatic heterocycles. The van der Waals surface area contributed by atoms with Gasteiger partial charge in [0.1, 0.15) is 0 Å². The molecule has 18 heavy (non-hydrogen) atoms. The lowest BCUT2D eigenvalue weighted by Crippen LogP contribution is -2.42. The smallest absolute Gasteiger partial charge is 0.0991 e. The third-order valence-corrected chi connectivity index (χ3v) is 4.04. The maximum absolute atomic E-state index is 8.88. The second kappa shape index (κ2) is 4.70. The van der Waals surface area contributed by atoms with E-state index in [0.717, 1.165) is 18.7 Å². The van der Waals surface area contributed by atoms with E-state index in [1.807, 2.05) is 24.3 Å². The maximum atomic E-state index is 8.88. The van der Waals surface area contributed by atoms with E-state index in [9.17, 15) is 0 Å². The molecule has 0 aliphatic carbocycles. The number of hydrogen-bond acceptors (Lipinski definition) is 3. The van der Waals surface area contributed by atoms with E-state index in [1.165, 1.54) is 0 Å². The highest BCUT2D eigenvalue weighted by atomic mass is 15.2. The fraction of sp³-hybridized carbons (Fsp3) is 0.467. The summed E-state index contributed by atoms with van der Waals surface area (Å²) in [5, 5.41) is 17.7. The summed E-state index contributed by atoms with van der Waals surface area (Å²) in [6.07, 6.45) is 1.67. The first kappa shape index (κ1) is 12.5. The quantitative estimate of drug-likeness (QED) is 0.797. The summed E-state index contributed by atoms with van der Waals surface area (Å²) in [4.78, 5) is 2.34. The molecule has 1 aromatic rings. The Morgan fingerprint density at radius 1 is 1.28 bits per heavy atom. The largest absolute Gasteiger partial charge is 0.366 e. The molecule has 2 rings (SSSR count). The molecule has 1 aliphatic rings. The van der Waals surface area contributed by atoms with Gasteiger partial charge in [-0.2, -0.15) is 10.5 Å². The summed E-state index contributed by atoms with van der Waals surface area (Å²) in [6.45, 7) is 5.37. The van der Waals surface area contributed by atoms with Crippen LogP contribution in [0.5, 0.6) is 0 Å². The van der Waals surface area contributed by atoms with E-state index in [-0.39, 0.29) is 5.54 Å². The van der Waals surface area contributed by atoms with Crippen molar-refractivity contribution in [1.29, 1.82) is 10.5 Å². The van der Waals surface area contributed by atoms with Gasteiger partial charge in [-0.25, -0.2) is 0 Å². The molecule has 1 atom stereocenters. The zero-order valence-corrected chi connectivity index (χ0v) is 10.8. The molecule has 1 saturated heterocycles. The molecule has 0 saturated carbocycles. The summed E-state index contributed by atoms with van der Waals surface area (Å²) < 4.78 is 0. The van der Waals surface area contributed by atoms with Gasteiger partial charge in [-0.05, 0) is 50.5 Å². The Labute approximate surface area is 108 Å². The van der Waals surface area contributed by atoms with Crippen molar-refractivity contribution in [1.82, 2.24) is 0 Å². The molecule has 0 amide bonds. The standard InChI is InChI=1S/C15H17N3/c1-15(2)13(7-9-16)8-10-18(15)14-5-3-12(11-17)4-6-14/h3-6,13H,7-8,10H2,1-2H3. The van der Waals surface area contributed by atoms with Crippen LogP contribution in [0.2, 0.25) is 0 Å². The van der Waals surface area contributed by atoms with Crippen molar-refractivity contribution in [3.63, 3.8) is 0 Å². The molecule has 0 radical (unpaired) electrons. The summed E-state index contributed by atoms with van der Waals surface area (Å²) >= 11 is 0. The molecule has 0 bridgehead atoms. The first-order valence-corrected chi connectivity index (χ1v) is 6.24. The van der Waals surface area contributed by atoms with Crippen LogP contribution < -0.4 is 4.90 Å². The van der Waals surface area contributed by atoms with Crippen LogP contribution in [0.3, 0.4) is 0 Å². The van der Waals surface area contributed by atoms with Crippen LogP contribution in [-0.4, -0.2) is 12.1 Å². The zero-order chi connectivity index (χ0) is 13.2. The Kier molecular flexibility index (Phi) is 3.26. The minimum atomic E-state index is 0.00386. The Morgan fingerprint density at radius 2 is 1.94 bits per heavy atom. The number of anilines is 1. The molecular formula is C15H17N3. The SMILES string of the molecule is CC1(C)C(CC#N)CCN1c1ccc(C#N)cc1. The highest BCUT2D eigenvalue weighted by Gasteiger charge is 2.40. The van der Waals surface area contributed by atoms with Crippen LogP contribution in [0, 0.1) is 28.6 Å². The number of nitrogens with zero attached hydrogens (tertiary/aromatic N) is 3. The first-order valence-electron chi connectivity index (χ1n) is 6.24. The second-order valence-corrected chi connectivity index (χ2v) is 5.31. The minimum absolute atomic E-state index is 0.00386. The fourth-order valence-electron chi connectivity index (χ4n) is 2.79. The van der Waals surface area contributed by atoms with E-state index in [2.05, 4.69) is 30.9 Å². The van der Waals surface area contributed by atoms with E-state index >= 15 is 0 Å². The third kappa shape index (κ3) is 2.05. The topological polar surface area (TPSA) is 50.8 Å². The van der Waals surface area contributed by atoms with Gasteiger partial charge in [0.05, 0.1) is 17.7 Å². The van der Waals surface area contributed by atoms with Crippen LogP contribution in [0.1, 0.15) is 32.3 Å². The molecular weight excluding hydrogens is 222 g/mol. The van der Waals surface area contributed by atoms with Crippen LogP contribution in [0.15, 0.2) is 24.3 Å². The number of nitriles is 2. The highest BCUT2D eigenvalue weighted by molar-refractivity contribution is 5.53. The maximum Gasteiger partial charge on any atom is 0.0991 e. The number of benzene rings is 1. The van der Waals surface area contributed by atoms with Gasteiger partial charge in [-0.3, -0.25) is 0 Å². The average Bonchev–Trinajstić information content (AvgIpc) is 2.66. The normalized spacial score (nSPS) is 21.3. The summed E-state index contributed by atoms with van der Waals surface area (Å²) in [5.41, 5.74) is 1.83.